The lowest BCUT2D eigenvalue weighted by Crippen LogP contribution is -2.10. The van der Waals surface area contributed by atoms with Crippen molar-refractivity contribution in [2.45, 2.75) is 116 Å². The maximum Gasteiger partial charge on any atom is 0.337 e. The van der Waals surface area contributed by atoms with Crippen LogP contribution in [0.25, 0.3) is 5.53 Å². The van der Waals surface area contributed by atoms with E-state index in [9.17, 15) is 0 Å². The molecular formula is C24H42N2O. The Hall–Kier alpha value is -1.34. The molecule has 27 heavy (non-hydrogen) atoms. The Labute approximate surface area is 167 Å². The Morgan fingerprint density at radius 1 is 0.778 bits per heavy atom. The minimum Gasteiger partial charge on any atom is -0.486 e. The van der Waals surface area contributed by atoms with E-state index in [0.29, 0.717) is 12.1 Å². The van der Waals surface area contributed by atoms with Gasteiger partial charge < -0.3 is 10.3 Å². The highest BCUT2D eigenvalue weighted by Crippen LogP contribution is 2.14. The predicted octanol–water partition coefficient (Wildman–Crippen LogP) is 7.78. The maximum atomic E-state index is 8.94. The summed E-state index contributed by atoms with van der Waals surface area (Å²) in [6, 6.07) is 0. The van der Waals surface area contributed by atoms with Crippen molar-refractivity contribution in [1.29, 1.82) is 0 Å². The molecule has 0 fully saturated rings. The van der Waals surface area contributed by atoms with Crippen molar-refractivity contribution in [2.75, 3.05) is 6.61 Å². The molecule has 0 amide bonds. The van der Waals surface area contributed by atoms with Crippen molar-refractivity contribution in [3.8, 4) is 0 Å². The molecule has 0 radical (unpaired) electrons. The molecule has 3 nitrogen and oxygen atoms in total. The second-order valence-corrected chi connectivity index (χ2v) is 7.86. The average molecular weight is 375 g/mol. The molecule has 0 aromatic heterocycles. The summed E-state index contributed by atoms with van der Waals surface area (Å²) >= 11 is 0. The largest absolute Gasteiger partial charge is 0.486 e. The number of ether oxygens (including phenoxy) is 1. The molecule has 0 saturated heterocycles. The highest BCUT2D eigenvalue weighted by Gasteiger charge is 2.17. The van der Waals surface area contributed by atoms with Gasteiger partial charge in [-0.25, -0.2) is 0 Å². The Kier molecular flexibility index (Phi) is 15.8. The Bertz CT molecular complexity index is 461. The van der Waals surface area contributed by atoms with Crippen LogP contribution in [0.5, 0.6) is 0 Å². The summed E-state index contributed by atoms with van der Waals surface area (Å²) in [6.45, 7) is 3.00. The zero-order valence-electron chi connectivity index (χ0n) is 17.8. The lowest BCUT2D eigenvalue weighted by Gasteiger charge is -2.08. The minimum atomic E-state index is 0.633. The molecule has 0 heterocycles. The van der Waals surface area contributed by atoms with Gasteiger partial charge in [0, 0.05) is 0 Å². The third-order valence-electron chi connectivity index (χ3n) is 5.36. The molecule has 0 aromatic carbocycles. The second kappa shape index (κ2) is 18.0. The third kappa shape index (κ3) is 13.5. The summed E-state index contributed by atoms with van der Waals surface area (Å²) < 4.78 is 5.72. The summed E-state index contributed by atoms with van der Waals surface area (Å²) in [5.41, 5.74) is 9.57. The average Bonchev–Trinajstić information content (AvgIpc) is 2.70. The summed E-state index contributed by atoms with van der Waals surface area (Å²) in [7, 11) is 0. The van der Waals surface area contributed by atoms with Gasteiger partial charge >= 0.3 is 5.71 Å². The highest BCUT2D eigenvalue weighted by molar-refractivity contribution is 5.96. The lowest BCUT2D eigenvalue weighted by atomic mass is 10.0. The molecule has 0 atom stereocenters. The van der Waals surface area contributed by atoms with Crippen molar-refractivity contribution in [3.05, 3.63) is 29.5 Å². The number of hydrogen-bond donors (Lipinski definition) is 0. The van der Waals surface area contributed by atoms with Crippen molar-refractivity contribution >= 4 is 5.71 Å². The van der Waals surface area contributed by atoms with Gasteiger partial charge in [0.05, 0.1) is 13.0 Å². The first kappa shape index (κ1) is 23.7. The van der Waals surface area contributed by atoms with Gasteiger partial charge in [-0.2, -0.15) is 4.79 Å². The Morgan fingerprint density at radius 2 is 1.26 bits per heavy atom. The first-order chi connectivity index (χ1) is 13.4. The molecule has 0 aromatic rings. The standard InChI is InChI=1S/C24H42N2O/c1-2-3-4-5-6-7-8-9-10-11-12-13-14-15-16-19-22-27-24-21-18-17-20-23(24)26-25/h17-18,21H,2-16,19-20,22H2,1H3. The van der Waals surface area contributed by atoms with E-state index in [-0.39, 0.29) is 0 Å². The van der Waals surface area contributed by atoms with Crippen LogP contribution in [-0.2, 0) is 4.74 Å². The molecular weight excluding hydrogens is 332 g/mol. The van der Waals surface area contributed by atoms with Crippen LogP contribution in [0.4, 0.5) is 0 Å². The molecule has 1 aliphatic carbocycles. The SMILES string of the molecule is CCCCCCCCCCCCCCCCCCOC1=CC=CCC1=[N+]=[N-]. The Balaban J connectivity index is 1.77. The van der Waals surface area contributed by atoms with E-state index in [1.54, 1.807) is 0 Å². The van der Waals surface area contributed by atoms with Gasteiger partial charge in [0.25, 0.3) is 0 Å². The van der Waals surface area contributed by atoms with E-state index in [0.717, 1.165) is 18.8 Å². The summed E-state index contributed by atoms with van der Waals surface area (Å²) in [5, 5.41) is 0. The molecule has 154 valence electrons. The Morgan fingerprint density at radius 3 is 1.74 bits per heavy atom. The normalized spacial score (nSPS) is 13.5. The smallest absolute Gasteiger partial charge is 0.337 e. The first-order valence-corrected chi connectivity index (χ1v) is 11.6. The van der Waals surface area contributed by atoms with E-state index in [1.165, 1.54) is 96.3 Å². The van der Waals surface area contributed by atoms with Gasteiger partial charge in [0.15, 0.2) is 0 Å². The topological polar surface area (TPSA) is 45.6 Å². The molecule has 0 spiro atoms. The zero-order chi connectivity index (χ0) is 19.4. The van der Waals surface area contributed by atoms with E-state index in [2.05, 4.69) is 11.7 Å². The lowest BCUT2D eigenvalue weighted by molar-refractivity contribution is -0.0121. The van der Waals surface area contributed by atoms with Crippen LogP contribution in [0.15, 0.2) is 24.0 Å². The van der Waals surface area contributed by atoms with Crippen molar-refractivity contribution in [1.82, 2.24) is 0 Å². The molecule has 0 unspecified atom stereocenters. The monoisotopic (exact) mass is 374 g/mol. The fourth-order valence-corrected chi connectivity index (χ4v) is 3.59. The maximum absolute atomic E-state index is 8.94. The second-order valence-electron chi connectivity index (χ2n) is 7.86. The van der Waals surface area contributed by atoms with Crippen LogP contribution in [0, 0.1) is 0 Å². The fraction of sp³-hybridized carbons (Fsp3) is 0.792. The van der Waals surface area contributed by atoms with Crippen molar-refractivity contribution in [3.63, 3.8) is 0 Å². The molecule has 0 aliphatic heterocycles. The van der Waals surface area contributed by atoms with E-state index in [1.807, 2.05) is 18.2 Å². The van der Waals surface area contributed by atoms with Gasteiger partial charge in [0.2, 0.25) is 5.76 Å². The summed E-state index contributed by atoms with van der Waals surface area (Å²) in [6.07, 6.45) is 28.5. The fourth-order valence-electron chi connectivity index (χ4n) is 3.59. The molecule has 0 N–H and O–H groups in total. The van der Waals surface area contributed by atoms with Crippen LogP contribution in [0.2, 0.25) is 0 Å². The molecule has 0 saturated carbocycles. The summed E-state index contributed by atoms with van der Waals surface area (Å²) in [5.74, 6) is 0.723. The van der Waals surface area contributed by atoms with E-state index in [4.69, 9.17) is 10.3 Å². The number of nitrogens with zero attached hydrogens (tertiary/aromatic N) is 2. The highest BCUT2D eigenvalue weighted by atomic mass is 16.5. The van der Waals surface area contributed by atoms with Gasteiger partial charge in [-0.15, -0.1) is 0 Å². The molecule has 0 bridgehead atoms. The van der Waals surface area contributed by atoms with Crippen LogP contribution < -0.4 is 0 Å². The molecule has 1 rings (SSSR count). The van der Waals surface area contributed by atoms with Crippen LogP contribution in [0.1, 0.15) is 116 Å². The van der Waals surface area contributed by atoms with Crippen molar-refractivity contribution in [2.24, 2.45) is 0 Å². The third-order valence-corrected chi connectivity index (χ3v) is 5.36. The van der Waals surface area contributed by atoms with Crippen LogP contribution in [0.3, 0.4) is 0 Å². The van der Waals surface area contributed by atoms with Gasteiger partial charge in [0.1, 0.15) is 0 Å². The summed E-state index contributed by atoms with van der Waals surface area (Å²) in [4.78, 5) is 3.30. The number of allylic oxidation sites excluding steroid dienone is 4. The first-order valence-electron chi connectivity index (χ1n) is 11.6. The van der Waals surface area contributed by atoms with Gasteiger partial charge in [-0.05, 0) is 12.5 Å². The predicted molar refractivity (Wildman–Crippen MR) is 116 cm³/mol. The number of rotatable bonds is 18. The van der Waals surface area contributed by atoms with Crippen molar-refractivity contribution < 1.29 is 9.53 Å². The zero-order valence-corrected chi connectivity index (χ0v) is 17.8. The van der Waals surface area contributed by atoms with Gasteiger partial charge in [-0.1, -0.05) is 115 Å². The van der Waals surface area contributed by atoms with Crippen LogP contribution in [-0.4, -0.2) is 17.1 Å². The van der Waals surface area contributed by atoms with Crippen LogP contribution >= 0.6 is 0 Å². The molecule has 3 heteroatoms. The molecule has 1 aliphatic rings. The van der Waals surface area contributed by atoms with E-state index >= 15 is 0 Å². The van der Waals surface area contributed by atoms with Gasteiger partial charge in [-0.3, -0.25) is 0 Å². The van der Waals surface area contributed by atoms with E-state index < -0.39 is 0 Å². The number of hydrogen-bond acceptors (Lipinski definition) is 1. The minimum absolute atomic E-state index is 0.633. The quantitative estimate of drug-likeness (QED) is 0.137. The number of unbranched alkanes of at least 4 members (excludes halogenated alkanes) is 15.